The van der Waals surface area contributed by atoms with Gasteiger partial charge in [-0.05, 0) is 42.8 Å². The van der Waals surface area contributed by atoms with Crippen LogP contribution >= 0.6 is 11.3 Å². The van der Waals surface area contributed by atoms with Gasteiger partial charge in [-0.15, -0.1) is 11.3 Å². The Morgan fingerprint density at radius 1 is 1.37 bits per heavy atom. The molecule has 0 atom stereocenters. The molecule has 0 aliphatic heterocycles. The van der Waals surface area contributed by atoms with Crippen LogP contribution in [0.4, 0.5) is 5.69 Å². The summed E-state index contributed by atoms with van der Waals surface area (Å²) in [5, 5.41) is 11.8. The van der Waals surface area contributed by atoms with E-state index in [2.05, 4.69) is 5.32 Å². The summed E-state index contributed by atoms with van der Waals surface area (Å²) >= 11 is 1.64. The van der Waals surface area contributed by atoms with Crippen LogP contribution in [0.15, 0.2) is 42.5 Å². The number of hydrogen-bond donors (Lipinski definition) is 2. The van der Waals surface area contributed by atoms with Crippen LogP contribution in [0.5, 0.6) is 0 Å². The highest BCUT2D eigenvalue weighted by atomic mass is 32.1. The number of nitrogens with one attached hydrogen (secondary N) is 1. The van der Waals surface area contributed by atoms with Crippen molar-refractivity contribution >= 4 is 29.0 Å². The van der Waals surface area contributed by atoms with Crippen molar-refractivity contribution in [3.8, 4) is 0 Å². The van der Waals surface area contributed by atoms with Gasteiger partial charge in [0, 0.05) is 21.5 Å². The van der Waals surface area contributed by atoms with Crippen LogP contribution in [0, 0.1) is 6.92 Å². The van der Waals surface area contributed by atoms with E-state index >= 15 is 0 Å². The molecule has 1 amide bonds. The summed E-state index contributed by atoms with van der Waals surface area (Å²) in [6.45, 7) is 2.00. The third kappa shape index (κ3) is 4.05. The molecule has 3 nitrogen and oxygen atoms in total. The largest absolute Gasteiger partial charge is 0.392 e. The zero-order chi connectivity index (χ0) is 13.7. The SMILES string of the molecule is Cc1ccc(/C=C/C(=O)Nc2cccc(CO)c2)s1. The first-order chi connectivity index (χ1) is 9.17. The lowest BCUT2D eigenvalue weighted by Gasteiger charge is -2.03. The predicted octanol–water partition coefficient (Wildman–Crippen LogP) is 3.20. The number of anilines is 1. The molecule has 1 heterocycles. The summed E-state index contributed by atoms with van der Waals surface area (Å²) in [6, 6.07) is 11.2. The molecular formula is C15H15NO2S. The van der Waals surface area contributed by atoms with Gasteiger partial charge in [0.05, 0.1) is 6.61 Å². The van der Waals surface area contributed by atoms with Crippen LogP contribution in [-0.2, 0) is 11.4 Å². The second-order valence-corrected chi connectivity index (χ2v) is 5.45. The number of carbonyl (C=O) groups is 1. The number of hydrogen-bond acceptors (Lipinski definition) is 3. The van der Waals surface area contributed by atoms with Crippen LogP contribution in [0.1, 0.15) is 15.3 Å². The molecule has 0 saturated carbocycles. The molecule has 1 aromatic heterocycles. The molecule has 0 bridgehead atoms. The third-order valence-electron chi connectivity index (χ3n) is 2.54. The Morgan fingerprint density at radius 2 is 2.21 bits per heavy atom. The zero-order valence-corrected chi connectivity index (χ0v) is 11.4. The normalized spacial score (nSPS) is 10.8. The number of aryl methyl sites for hydroxylation is 1. The van der Waals surface area contributed by atoms with Gasteiger partial charge in [-0.1, -0.05) is 12.1 Å². The summed E-state index contributed by atoms with van der Waals surface area (Å²) in [6.07, 6.45) is 3.31. The second kappa shape index (κ2) is 6.31. The quantitative estimate of drug-likeness (QED) is 0.840. The molecule has 0 unspecified atom stereocenters. The number of amides is 1. The molecule has 0 aliphatic rings. The van der Waals surface area contributed by atoms with E-state index in [0.717, 1.165) is 10.4 Å². The lowest BCUT2D eigenvalue weighted by Crippen LogP contribution is -2.07. The number of aliphatic hydroxyl groups is 1. The lowest BCUT2D eigenvalue weighted by atomic mass is 10.2. The van der Waals surface area contributed by atoms with Crippen LogP contribution in [0.2, 0.25) is 0 Å². The molecule has 0 spiro atoms. The molecule has 2 rings (SSSR count). The maximum atomic E-state index is 11.7. The van der Waals surface area contributed by atoms with Crippen LogP contribution in [0.25, 0.3) is 6.08 Å². The van der Waals surface area contributed by atoms with E-state index in [4.69, 9.17) is 5.11 Å². The molecule has 4 heteroatoms. The predicted molar refractivity (Wildman–Crippen MR) is 79.1 cm³/mol. The highest BCUT2D eigenvalue weighted by Gasteiger charge is 1.99. The molecule has 0 aliphatic carbocycles. The van der Waals surface area contributed by atoms with E-state index in [-0.39, 0.29) is 12.5 Å². The van der Waals surface area contributed by atoms with Crippen molar-refractivity contribution in [1.29, 1.82) is 0 Å². The smallest absolute Gasteiger partial charge is 0.248 e. The van der Waals surface area contributed by atoms with Gasteiger partial charge in [-0.3, -0.25) is 4.79 Å². The number of carbonyl (C=O) groups excluding carboxylic acids is 1. The van der Waals surface area contributed by atoms with Crippen molar-refractivity contribution in [3.05, 3.63) is 57.8 Å². The number of thiophene rings is 1. The Balaban J connectivity index is 1.99. The standard InChI is InChI=1S/C15H15NO2S/c1-11-5-6-14(19-11)7-8-15(18)16-13-4-2-3-12(9-13)10-17/h2-9,17H,10H2,1H3,(H,16,18)/b8-7+. The van der Waals surface area contributed by atoms with Gasteiger partial charge in [0.2, 0.25) is 5.91 Å². The van der Waals surface area contributed by atoms with E-state index in [9.17, 15) is 4.79 Å². The first kappa shape index (κ1) is 13.5. The Hall–Kier alpha value is -1.91. The average molecular weight is 273 g/mol. The average Bonchev–Trinajstić information content (AvgIpc) is 2.82. The van der Waals surface area contributed by atoms with Crippen molar-refractivity contribution in [2.45, 2.75) is 13.5 Å². The number of rotatable bonds is 4. The Morgan fingerprint density at radius 3 is 2.89 bits per heavy atom. The van der Waals surface area contributed by atoms with Gasteiger partial charge in [-0.25, -0.2) is 0 Å². The highest BCUT2D eigenvalue weighted by molar-refractivity contribution is 7.12. The van der Waals surface area contributed by atoms with Crippen molar-refractivity contribution < 1.29 is 9.90 Å². The van der Waals surface area contributed by atoms with Crippen molar-refractivity contribution in [3.63, 3.8) is 0 Å². The molecule has 98 valence electrons. The van der Waals surface area contributed by atoms with Crippen LogP contribution in [0.3, 0.4) is 0 Å². The molecular weight excluding hydrogens is 258 g/mol. The van der Waals surface area contributed by atoms with E-state index < -0.39 is 0 Å². The van der Waals surface area contributed by atoms with Gasteiger partial charge < -0.3 is 10.4 Å². The molecule has 2 N–H and O–H groups in total. The Labute approximate surface area is 116 Å². The van der Waals surface area contributed by atoms with Gasteiger partial charge in [-0.2, -0.15) is 0 Å². The fourth-order valence-electron chi connectivity index (χ4n) is 1.63. The Bertz CT molecular complexity index is 602. The summed E-state index contributed by atoms with van der Waals surface area (Å²) in [7, 11) is 0. The van der Waals surface area contributed by atoms with Gasteiger partial charge in [0.15, 0.2) is 0 Å². The second-order valence-electron chi connectivity index (χ2n) is 4.13. The van der Waals surface area contributed by atoms with Crippen LogP contribution < -0.4 is 5.32 Å². The fourth-order valence-corrected chi connectivity index (χ4v) is 2.41. The maximum absolute atomic E-state index is 11.7. The first-order valence-corrected chi connectivity index (χ1v) is 6.74. The Kier molecular flexibility index (Phi) is 4.49. The van der Waals surface area contributed by atoms with Crippen molar-refractivity contribution in [2.75, 3.05) is 5.32 Å². The molecule has 1 aromatic carbocycles. The van der Waals surface area contributed by atoms with Gasteiger partial charge in [0.25, 0.3) is 0 Å². The molecule has 0 saturated heterocycles. The van der Waals surface area contributed by atoms with Crippen molar-refractivity contribution in [1.82, 2.24) is 0 Å². The van der Waals surface area contributed by atoms with Crippen LogP contribution in [-0.4, -0.2) is 11.0 Å². The maximum Gasteiger partial charge on any atom is 0.248 e. The van der Waals surface area contributed by atoms with Gasteiger partial charge >= 0.3 is 0 Å². The zero-order valence-electron chi connectivity index (χ0n) is 10.6. The summed E-state index contributed by atoms with van der Waals surface area (Å²) in [5.74, 6) is -0.179. The topological polar surface area (TPSA) is 49.3 Å². The summed E-state index contributed by atoms with van der Waals surface area (Å²) < 4.78 is 0. The van der Waals surface area contributed by atoms with E-state index in [1.54, 1.807) is 41.7 Å². The van der Waals surface area contributed by atoms with Gasteiger partial charge in [0.1, 0.15) is 0 Å². The monoisotopic (exact) mass is 273 g/mol. The molecule has 0 radical (unpaired) electrons. The van der Waals surface area contributed by atoms with E-state index in [1.807, 2.05) is 19.1 Å². The fraction of sp³-hybridized carbons (Fsp3) is 0.133. The molecule has 0 fully saturated rings. The summed E-state index contributed by atoms with van der Waals surface area (Å²) in [5.41, 5.74) is 1.46. The van der Waals surface area contributed by atoms with E-state index in [0.29, 0.717) is 5.69 Å². The number of aliphatic hydroxyl groups excluding tert-OH is 1. The molecule has 19 heavy (non-hydrogen) atoms. The minimum atomic E-state index is -0.179. The van der Waals surface area contributed by atoms with Crippen molar-refractivity contribution in [2.24, 2.45) is 0 Å². The number of benzene rings is 1. The lowest BCUT2D eigenvalue weighted by molar-refractivity contribution is -0.111. The minimum absolute atomic E-state index is 0.0337. The molecule has 2 aromatic rings. The van der Waals surface area contributed by atoms with E-state index in [1.165, 1.54) is 11.0 Å². The first-order valence-electron chi connectivity index (χ1n) is 5.92. The minimum Gasteiger partial charge on any atom is -0.392 e. The summed E-state index contributed by atoms with van der Waals surface area (Å²) in [4.78, 5) is 14.0. The third-order valence-corrected chi connectivity index (χ3v) is 3.50. The highest BCUT2D eigenvalue weighted by Crippen LogP contribution is 2.16.